The lowest BCUT2D eigenvalue weighted by Crippen LogP contribution is -2.40. The number of hydrogen-bond donors (Lipinski definition) is 2. The number of H-pyrrole nitrogens is 1. The van der Waals surface area contributed by atoms with Gasteiger partial charge in [0.2, 0.25) is 0 Å². The fraction of sp³-hybridized carbons (Fsp3) is 0.297. The number of urea groups is 1. The average Bonchev–Trinajstić information content (AvgIpc) is 3.04. The van der Waals surface area contributed by atoms with Gasteiger partial charge in [-0.1, -0.05) is 77.4 Å². The van der Waals surface area contributed by atoms with E-state index in [1.807, 2.05) is 60.7 Å². The molecule has 0 bridgehead atoms. The molecule has 0 spiro atoms. The highest BCUT2D eigenvalue weighted by Gasteiger charge is 2.27. The first-order chi connectivity index (χ1) is 21.8. The Labute approximate surface area is 264 Å². The predicted octanol–water partition coefficient (Wildman–Crippen LogP) is 8.65. The second-order valence-electron chi connectivity index (χ2n) is 11.8. The summed E-state index contributed by atoms with van der Waals surface area (Å²) < 4.78 is 6.10. The van der Waals surface area contributed by atoms with Gasteiger partial charge in [-0.25, -0.2) is 9.78 Å². The van der Waals surface area contributed by atoms with E-state index in [4.69, 9.17) is 4.74 Å². The Morgan fingerprint density at radius 2 is 1.64 bits per heavy atom. The number of para-hydroxylation sites is 1. The Bertz CT molecular complexity index is 1810. The van der Waals surface area contributed by atoms with Gasteiger partial charge in [0.1, 0.15) is 23.7 Å². The summed E-state index contributed by atoms with van der Waals surface area (Å²) in [7, 11) is 0. The van der Waals surface area contributed by atoms with Crippen LogP contribution in [0.15, 0.2) is 90.0 Å². The van der Waals surface area contributed by atoms with Crippen LogP contribution in [0, 0.1) is 0 Å². The van der Waals surface area contributed by atoms with Crippen molar-refractivity contribution in [2.24, 2.45) is 0 Å². The average molecular weight is 604 g/mol. The first-order valence-corrected chi connectivity index (χ1v) is 15.6. The van der Waals surface area contributed by atoms with E-state index >= 15 is 0 Å². The van der Waals surface area contributed by atoms with Gasteiger partial charge in [-0.3, -0.25) is 14.7 Å². The van der Waals surface area contributed by atoms with Gasteiger partial charge in [-0.05, 0) is 71.3 Å². The minimum Gasteiger partial charge on any atom is -0.487 e. The molecule has 232 valence electrons. The number of pyridine rings is 3. The van der Waals surface area contributed by atoms with Crippen molar-refractivity contribution in [3.8, 4) is 16.9 Å². The largest absolute Gasteiger partial charge is 0.487 e. The number of nitrogens with zero attached hydrogens (tertiary/aromatic N) is 3. The Kier molecular flexibility index (Phi) is 9.92. The Balaban J connectivity index is 1.64. The number of ether oxygens (including phenoxy) is 1. The number of rotatable bonds is 11. The first-order valence-electron chi connectivity index (χ1n) is 15.6. The fourth-order valence-corrected chi connectivity index (χ4v) is 5.55. The molecule has 5 aromatic rings. The van der Waals surface area contributed by atoms with Crippen LogP contribution in [0.1, 0.15) is 76.1 Å². The van der Waals surface area contributed by atoms with Crippen LogP contribution in [0.2, 0.25) is 0 Å². The van der Waals surface area contributed by atoms with Crippen molar-refractivity contribution in [1.29, 1.82) is 0 Å². The van der Waals surface area contributed by atoms with Crippen LogP contribution in [0.3, 0.4) is 0 Å². The summed E-state index contributed by atoms with van der Waals surface area (Å²) in [6, 6.07) is 22.8. The highest BCUT2D eigenvalue weighted by atomic mass is 16.5. The monoisotopic (exact) mass is 603 g/mol. The molecule has 0 aliphatic heterocycles. The van der Waals surface area contributed by atoms with E-state index in [0.717, 1.165) is 39.9 Å². The van der Waals surface area contributed by atoms with Crippen molar-refractivity contribution in [2.75, 3.05) is 16.8 Å². The molecule has 0 atom stereocenters. The molecule has 0 saturated carbocycles. The third kappa shape index (κ3) is 7.06. The van der Waals surface area contributed by atoms with Gasteiger partial charge < -0.3 is 15.0 Å². The van der Waals surface area contributed by atoms with Gasteiger partial charge in [0.05, 0.1) is 5.69 Å². The summed E-state index contributed by atoms with van der Waals surface area (Å²) in [6.45, 7) is 11.2. The van der Waals surface area contributed by atoms with Crippen molar-refractivity contribution in [1.82, 2.24) is 15.0 Å². The van der Waals surface area contributed by atoms with Gasteiger partial charge >= 0.3 is 6.03 Å². The van der Waals surface area contributed by atoms with Crippen LogP contribution in [0.5, 0.6) is 5.75 Å². The normalized spacial score (nSPS) is 11.3. The van der Waals surface area contributed by atoms with Crippen molar-refractivity contribution in [2.45, 2.75) is 65.9 Å². The lowest BCUT2D eigenvalue weighted by Gasteiger charge is -2.28. The molecule has 0 aliphatic rings. The molecule has 3 aromatic heterocycles. The zero-order chi connectivity index (χ0) is 31.9. The summed E-state index contributed by atoms with van der Waals surface area (Å²) in [5.41, 5.74) is 5.42. The van der Waals surface area contributed by atoms with Gasteiger partial charge in [0.25, 0.3) is 5.56 Å². The molecule has 8 nitrogen and oxygen atoms in total. The Morgan fingerprint density at radius 3 is 2.33 bits per heavy atom. The van der Waals surface area contributed by atoms with Gasteiger partial charge in [-0.15, -0.1) is 0 Å². The quantitative estimate of drug-likeness (QED) is 0.157. The number of carbonyl (C=O) groups excluding carboxylic acids is 1. The summed E-state index contributed by atoms with van der Waals surface area (Å²) >= 11 is 0. The van der Waals surface area contributed by atoms with Crippen molar-refractivity contribution < 1.29 is 9.53 Å². The van der Waals surface area contributed by atoms with Gasteiger partial charge in [0, 0.05) is 35.6 Å². The van der Waals surface area contributed by atoms with Gasteiger partial charge in [-0.2, -0.15) is 0 Å². The molecule has 5 rings (SSSR count). The zero-order valence-corrected chi connectivity index (χ0v) is 26.6. The molecule has 2 aromatic carbocycles. The molecule has 0 fully saturated rings. The second-order valence-corrected chi connectivity index (χ2v) is 11.8. The van der Waals surface area contributed by atoms with Gasteiger partial charge in [0.15, 0.2) is 0 Å². The molecule has 0 unspecified atom stereocenters. The molecule has 0 aliphatic carbocycles. The summed E-state index contributed by atoms with van der Waals surface area (Å²) in [5, 5.41) is 3.97. The summed E-state index contributed by atoms with van der Waals surface area (Å²) in [5.74, 6) is 1.02. The fourth-order valence-electron chi connectivity index (χ4n) is 5.55. The Hall–Kier alpha value is -4.98. The number of benzene rings is 2. The smallest absolute Gasteiger partial charge is 0.326 e. The summed E-state index contributed by atoms with van der Waals surface area (Å²) in [4.78, 5) is 41.7. The number of fused-ring (bicyclic) bond motifs is 1. The summed E-state index contributed by atoms with van der Waals surface area (Å²) in [6.07, 6.45) is 4.94. The van der Waals surface area contributed by atoms with Crippen molar-refractivity contribution in [3.05, 3.63) is 112 Å². The maximum atomic E-state index is 14.4. The second kappa shape index (κ2) is 14.2. The third-order valence-electron chi connectivity index (χ3n) is 7.85. The molecule has 8 heteroatoms. The number of carbonyl (C=O) groups is 1. The van der Waals surface area contributed by atoms with Crippen LogP contribution >= 0.6 is 0 Å². The number of nitrogens with one attached hydrogen (secondary N) is 2. The molecule has 45 heavy (non-hydrogen) atoms. The topological polar surface area (TPSA) is 100 Å². The van der Waals surface area contributed by atoms with Crippen LogP contribution in [-0.2, 0) is 6.61 Å². The van der Waals surface area contributed by atoms with Crippen molar-refractivity contribution >= 4 is 28.4 Å². The molecule has 0 radical (unpaired) electrons. The lowest BCUT2D eigenvalue weighted by molar-refractivity contribution is 0.256. The molecule has 2 amide bonds. The predicted molar refractivity (Wildman–Crippen MR) is 182 cm³/mol. The minimum atomic E-state index is -0.386. The number of aromatic nitrogens is 3. The number of amides is 2. The SMILES string of the molecule is CCCCN(C(=O)Nc1c(C(C)C)cccc1C(C)C)c1c(-c2cccc(OCc3ccccn3)c2)c2cccnc2[nH]c1=O. The molecule has 3 heterocycles. The highest BCUT2D eigenvalue weighted by molar-refractivity contribution is 6.09. The minimum absolute atomic E-state index is 0.197. The third-order valence-corrected chi connectivity index (χ3v) is 7.85. The zero-order valence-electron chi connectivity index (χ0n) is 26.6. The Morgan fingerprint density at radius 1 is 0.911 bits per heavy atom. The molecule has 2 N–H and O–H groups in total. The standard InChI is InChI=1S/C37H41N5O3/c1-6-7-21-42(37(44)40-33-29(24(2)3)16-11-17-30(33)25(4)5)34-32(31-18-12-20-39-35(31)41-36(34)43)26-13-10-15-28(22-26)45-23-27-14-8-9-19-38-27/h8-20,22,24-25H,6-7,21,23H2,1-5H3,(H,40,44)(H,39,41,43). The molecule has 0 saturated heterocycles. The van der Waals surface area contributed by atoms with E-state index in [1.54, 1.807) is 17.3 Å². The van der Waals surface area contributed by atoms with Crippen LogP contribution < -0.4 is 20.5 Å². The first kappa shape index (κ1) is 31.4. The maximum Gasteiger partial charge on any atom is 0.326 e. The van der Waals surface area contributed by atoms with E-state index in [1.165, 1.54) is 0 Å². The van der Waals surface area contributed by atoms with E-state index in [9.17, 15) is 9.59 Å². The van der Waals surface area contributed by atoms with Crippen LogP contribution in [0.25, 0.3) is 22.2 Å². The van der Waals surface area contributed by atoms with E-state index in [2.05, 4.69) is 67.0 Å². The van der Waals surface area contributed by atoms with Crippen LogP contribution in [0.4, 0.5) is 16.2 Å². The van der Waals surface area contributed by atoms with Crippen LogP contribution in [-0.4, -0.2) is 27.5 Å². The van der Waals surface area contributed by atoms with E-state index < -0.39 is 0 Å². The number of aromatic amines is 1. The van der Waals surface area contributed by atoms with E-state index in [0.29, 0.717) is 36.5 Å². The van der Waals surface area contributed by atoms with E-state index in [-0.39, 0.29) is 29.1 Å². The number of hydrogen-bond acceptors (Lipinski definition) is 5. The highest BCUT2D eigenvalue weighted by Crippen LogP contribution is 2.37. The maximum absolute atomic E-state index is 14.4. The van der Waals surface area contributed by atoms with Crippen molar-refractivity contribution in [3.63, 3.8) is 0 Å². The number of unbranched alkanes of at least 4 members (excludes halogenated alkanes) is 1. The lowest BCUT2D eigenvalue weighted by atomic mass is 9.92. The molecular formula is C37H41N5O3. The molecular weight excluding hydrogens is 562 g/mol. The number of anilines is 2.